The molecule has 0 aliphatic carbocycles. The number of amidine groups is 1. The highest BCUT2D eigenvalue weighted by Gasteiger charge is 1.98. The Hall–Kier alpha value is -1.59. The number of nitrogens with one attached hydrogen (secondary N) is 1. The lowest BCUT2D eigenvalue weighted by Gasteiger charge is -1.84. The lowest BCUT2D eigenvalue weighted by atomic mass is 10.5. The van der Waals surface area contributed by atoms with Gasteiger partial charge in [-0.05, 0) is 0 Å². The van der Waals surface area contributed by atoms with Crippen molar-refractivity contribution in [3.8, 4) is 0 Å². The standard InChI is InChI=1S/C3H5N5O/c4-3(7-9)2-1-5-8-6-2/h1,9H,(H2,4,7)(H,5,6,8). The van der Waals surface area contributed by atoms with Gasteiger partial charge < -0.3 is 10.9 Å². The van der Waals surface area contributed by atoms with Gasteiger partial charge in [-0.3, -0.25) is 0 Å². The van der Waals surface area contributed by atoms with Gasteiger partial charge in [0.15, 0.2) is 11.5 Å². The summed E-state index contributed by atoms with van der Waals surface area (Å²) in [5.74, 6) is -0.0521. The van der Waals surface area contributed by atoms with Crippen LogP contribution in [-0.2, 0) is 0 Å². The Morgan fingerprint density at radius 3 is 3.11 bits per heavy atom. The number of aromatic amines is 1. The highest BCUT2D eigenvalue weighted by molar-refractivity contribution is 5.94. The summed E-state index contributed by atoms with van der Waals surface area (Å²) >= 11 is 0. The molecule has 0 aliphatic heterocycles. The zero-order valence-corrected chi connectivity index (χ0v) is 4.44. The molecule has 0 bridgehead atoms. The van der Waals surface area contributed by atoms with Crippen LogP contribution in [0, 0.1) is 0 Å². The zero-order valence-electron chi connectivity index (χ0n) is 4.44. The highest BCUT2D eigenvalue weighted by atomic mass is 16.4. The number of oxime groups is 1. The summed E-state index contributed by atoms with van der Waals surface area (Å²) in [5.41, 5.74) is 5.45. The molecule has 0 saturated carbocycles. The second kappa shape index (κ2) is 2.12. The fourth-order valence-corrected chi connectivity index (χ4v) is 0.376. The van der Waals surface area contributed by atoms with Crippen molar-refractivity contribution in [2.45, 2.75) is 0 Å². The van der Waals surface area contributed by atoms with Gasteiger partial charge in [0, 0.05) is 0 Å². The van der Waals surface area contributed by atoms with Crippen molar-refractivity contribution in [3.63, 3.8) is 0 Å². The van der Waals surface area contributed by atoms with Gasteiger partial charge >= 0.3 is 0 Å². The van der Waals surface area contributed by atoms with Gasteiger partial charge in [0.05, 0.1) is 6.20 Å². The van der Waals surface area contributed by atoms with E-state index in [-0.39, 0.29) is 5.84 Å². The van der Waals surface area contributed by atoms with E-state index in [2.05, 4.69) is 20.6 Å². The smallest absolute Gasteiger partial charge is 0.192 e. The third kappa shape index (κ3) is 0.958. The largest absolute Gasteiger partial charge is 0.409 e. The second-order valence-electron chi connectivity index (χ2n) is 1.34. The molecule has 0 spiro atoms. The van der Waals surface area contributed by atoms with Crippen LogP contribution in [0.2, 0.25) is 0 Å². The number of hydrogen-bond donors (Lipinski definition) is 3. The van der Waals surface area contributed by atoms with E-state index in [1.807, 2.05) is 0 Å². The fraction of sp³-hybridized carbons (Fsp3) is 0. The molecule has 1 aromatic heterocycles. The molecular formula is C3H5N5O. The van der Waals surface area contributed by atoms with E-state index in [1.165, 1.54) is 6.20 Å². The lowest BCUT2D eigenvalue weighted by Crippen LogP contribution is -2.13. The van der Waals surface area contributed by atoms with E-state index < -0.39 is 0 Å². The van der Waals surface area contributed by atoms with E-state index in [0.717, 1.165) is 0 Å². The molecule has 48 valence electrons. The monoisotopic (exact) mass is 127 g/mol. The predicted octanol–water partition coefficient (Wildman–Crippen LogP) is -1.10. The zero-order chi connectivity index (χ0) is 6.69. The third-order valence-corrected chi connectivity index (χ3v) is 0.785. The Morgan fingerprint density at radius 1 is 1.89 bits per heavy atom. The Kier molecular flexibility index (Phi) is 1.31. The quantitative estimate of drug-likeness (QED) is 0.193. The van der Waals surface area contributed by atoms with Crippen molar-refractivity contribution in [3.05, 3.63) is 11.9 Å². The van der Waals surface area contributed by atoms with Crippen LogP contribution >= 0.6 is 0 Å². The van der Waals surface area contributed by atoms with Crippen LogP contribution in [-0.4, -0.2) is 26.5 Å². The van der Waals surface area contributed by atoms with Gasteiger partial charge in [0.2, 0.25) is 0 Å². The summed E-state index contributed by atoms with van der Waals surface area (Å²) in [5, 5.41) is 20.1. The van der Waals surface area contributed by atoms with Crippen molar-refractivity contribution in [1.82, 2.24) is 15.4 Å². The molecule has 0 unspecified atom stereocenters. The maximum Gasteiger partial charge on any atom is 0.192 e. The predicted molar refractivity (Wildman–Crippen MR) is 28.9 cm³/mol. The topological polar surface area (TPSA) is 100 Å². The van der Waals surface area contributed by atoms with E-state index >= 15 is 0 Å². The molecule has 0 amide bonds. The Labute approximate surface area is 50.4 Å². The fourth-order valence-electron chi connectivity index (χ4n) is 0.376. The van der Waals surface area contributed by atoms with Crippen molar-refractivity contribution in [2.24, 2.45) is 10.9 Å². The molecule has 1 rings (SSSR count). The minimum atomic E-state index is -0.0521. The molecule has 0 aromatic carbocycles. The van der Waals surface area contributed by atoms with Crippen LogP contribution in [0.3, 0.4) is 0 Å². The number of nitrogens with two attached hydrogens (primary N) is 1. The molecule has 0 fully saturated rings. The lowest BCUT2D eigenvalue weighted by molar-refractivity contribution is 0.318. The van der Waals surface area contributed by atoms with E-state index in [9.17, 15) is 0 Å². The molecule has 4 N–H and O–H groups in total. The first-order chi connectivity index (χ1) is 4.34. The van der Waals surface area contributed by atoms with Crippen LogP contribution in [0.15, 0.2) is 11.4 Å². The van der Waals surface area contributed by atoms with Crippen molar-refractivity contribution in [2.75, 3.05) is 0 Å². The molecule has 9 heavy (non-hydrogen) atoms. The number of hydrogen-bond acceptors (Lipinski definition) is 4. The first kappa shape index (κ1) is 5.54. The molecule has 6 nitrogen and oxygen atoms in total. The average Bonchev–Trinajstić information content (AvgIpc) is 2.37. The summed E-state index contributed by atoms with van der Waals surface area (Å²) in [6.45, 7) is 0. The first-order valence-corrected chi connectivity index (χ1v) is 2.18. The highest BCUT2D eigenvalue weighted by Crippen LogP contribution is 1.84. The van der Waals surface area contributed by atoms with Crippen LogP contribution in [0.5, 0.6) is 0 Å². The summed E-state index contributed by atoms with van der Waals surface area (Å²) in [4.78, 5) is 0. The molecule has 0 aliphatic rings. The average molecular weight is 127 g/mol. The van der Waals surface area contributed by atoms with Crippen LogP contribution in [0.4, 0.5) is 0 Å². The van der Waals surface area contributed by atoms with Crippen LogP contribution in [0.1, 0.15) is 5.69 Å². The number of aromatic nitrogens is 3. The van der Waals surface area contributed by atoms with Gasteiger partial charge in [-0.1, -0.05) is 5.16 Å². The Balaban J connectivity index is 2.90. The number of rotatable bonds is 1. The number of H-pyrrole nitrogens is 1. The molecular weight excluding hydrogens is 122 g/mol. The summed E-state index contributed by atoms with van der Waals surface area (Å²) < 4.78 is 0. The number of nitrogens with zero attached hydrogens (tertiary/aromatic N) is 3. The van der Waals surface area contributed by atoms with Crippen molar-refractivity contribution in [1.29, 1.82) is 0 Å². The van der Waals surface area contributed by atoms with Crippen molar-refractivity contribution >= 4 is 5.84 Å². The Bertz CT molecular complexity index is 202. The maximum atomic E-state index is 8.09. The Morgan fingerprint density at radius 2 is 2.67 bits per heavy atom. The van der Waals surface area contributed by atoms with Gasteiger partial charge in [0.25, 0.3) is 0 Å². The second-order valence-corrected chi connectivity index (χ2v) is 1.34. The molecule has 0 atom stereocenters. The minimum absolute atomic E-state index is 0.0521. The minimum Gasteiger partial charge on any atom is -0.409 e. The van der Waals surface area contributed by atoms with Gasteiger partial charge in [-0.15, -0.1) is 0 Å². The first-order valence-electron chi connectivity index (χ1n) is 2.18. The molecule has 6 heteroatoms. The van der Waals surface area contributed by atoms with Crippen LogP contribution < -0.4 is 5.73 Å². The molecule has 1 aromatic rings. The molecule has 0 saturated heterocycles. The van der Waals surface area contributed by atoms with Crippen LogP contribution in [0.25, 0.3) is 0 Å². The van der Waals surface area contributed by atoms with E-state index in [0.29, 0.717) is 5.69 Å². The van der Waals surface area contributed by atoms with Gasteiger partial charge in [0.1, 0.15) is 0 Å². The summed E-state index contributed by atoms with van der Waals surface area (Å²) in [7, 11) is 0. The third-order valence-electron chi connectivity index (χ3n) is 0.785. The molecule has 0 radical (unpaired) electrons. The maximum absolute atomic E-state index is 8.09. The SMILES string of the molecule is NC(=NO)c1cn[nH]n1. The van der Waals surface area contributed by atoms with Gasteiger partial charge in [-0.25, -0.2) is 0 Å². The van der Waals surface area contributed by atoms with Gasteiger partial charge in [-0.2, -0.15) is 15.4 Å². The summed E-state index contributed by atoms with van der Waals surface area (Å²) in [6, 6.07) is 0. The summed E-state index contributed by atoms with van der Waals surface area (Å²) in [6.07, 6.45) is 1.36. The molecule has 1 heterocycles. The van der Waals surface area contributed by atoms with E-state index in [1.54, 1.807) is 0 Å². The van der Waals surface area contributed by atoms with E-state index in [4.69, 9.17) is 10.9 Å². The van der Waals surface area contributed by atoms with Crippen molar-refractivity contribution < 1.29 is 5.21 Å². The normalized spacial score (nSPS) is 11.8.